The molecule has 0 spiro atoms. The quantitative estimate of drug-likeness (QED) is 0.580. The number of benzene rings is 1. The molecule has 2 rings (SSSR count). The molecule has 3 N–H and O–H groups in total. The number of aromatic nitrogens is 2. The van der Waals surface area contributed by atoms with Crippen molar-refractivity contribution in [1.82, 2.24) is 9.97 Å². The summed E-state index contributed by atoms with van der Waals surface area (Å²) in [5.74, 6) is -0.125. The Morgan fingerprint density at radius 1 is 1.36 bits per heavy atom. The maximum atomic E-state index is 12.0. The van der Waals surface area contributed by atoms with E-state index in [0.717, 1.165) is 10.6 Å². The van der Waals surface area contributed by atoms with Gasteiger partial charge >= 0.3 is 0 Å². The number of hydrogen-bond donors (Lipinski definition) is 3. The standard InChI is InChI=1S/C15H17N3O2S2/c1-9-12(14(20)18-15(21)16-9)6-7-13(19)17-10-4-3-5-11(8-10)22-2/h3-5,8H,6-7H2,1-2H3,(H,17,19)(H2,16,18,20,21). The van der Waals surface area contributed by atoms with E-state index in [1.54, 1.807) is 18.7 Å². The molecule has 1 amide bonds. The molecule has 1 heterocycles. The lowest BCUT2D eigenvalue weighted by molar-refractivity contribution is -0.116. The van der Waals surface area contributed by atoms with E-state index < -0.39 is 0 Å². The number of thioether (sulfide) groups is 1. The van der Waals surface area contributed by atoms with Crippen molar-refractivity contribution in [3.05, 3.63) is 50.6 Å². The topological polar surface area (TPSA) is 77.8 Å². The smallest absolute Gasteiger partial charge is 0.255 e. The largest absolute Gasteiger partial charge is 0.336 e. The normalized spacial score (nSPS) is 10.5. The van der Waals surface area contributed by atoms with Gasteiger partial charge in [0.05, 0.1) is 0 Å². The number of carbonyl (C=O) groups is 1. The van der Waals surface area contributed by atoms with E-state index in [1.165, 1.54) is 0 Å². The van der Waals surface area contributed by atoms with Crippen molar-refractivity contribution in [2.45, 2.75) is 24.7 Å². The second-order valence-electron chi connectivity index (χ2n) is 4.79. The zero-order chi connectivity index (χ0) is 16.1. The first-order valence-electron chi connectivity index (χ1n) is 6.75. The van der Waals surface area contributed by atoms with Crippen molar-refractivity contribution in [2.24, 2.45) is 0 Å². The minimum Gasteiger partial charge on any atom is -0.336 e. The first kappa shape index (κ1) is 16.5. The van der Waals surface area contributed by atoms with Crippen LogP contribution < -0.4 is 10.9 Å². The maximum Gasteiger partial charge on any atom is 0.255 e. The summed E-state index contributed by atoms with van der Waals surface area (Å²) in [4.78, 5) is 30.4. The van der Waals surface area contributed by atoms with Gasteiger partial charge in [0.15, 0.2) is 4.77 Å². The van der Waals surface area contributed by atoms with Gasteiger partial charge in [-0.25, -0.2) is 0 Å². The third-order valence-electron chi connectivity index (χ3n) is 3.21. The van der Waals surface area contributed by atoms with Crippen molar-refractivity contribution in [2.75, 3.05) is 11.6 Å². The molecule has 1 aromatic heterocycles. The van der Waals surface area contributed by atoms with Crippen LogP contribution in [0.15, 0.2) is 34.0 Å². The molecule has 1 aromatic carbocycles. The van der Waals surface area contributed by atoms with Crippen LogP contribution in [0.4, 0.5) is 5.69 Å². The van der Waals surface area contributed by atoms with Gasteiger partial charge in [0, 0.05) is 28.3 Å². The van der Waals surface area contributed by atoms with Crippen molar-refractivity contribution in [3.8, 4) is 0 Å². The maximum absolute atomic E-state index is 12.0. The van der Waals surface area contributed by atoms with Gasteiger partial charge in [-0.15, -0.1) is 11.8 Å². The van der Waals surface area contributed by atoms with Gasteiger partial charge in [0.2, 0.25) is 5.91 Å². The molecule has 0 atom stereocenters. The monoisotopic (exact) mass is 335 g/mol. The number of anilines is 1. The fraction of sp³-hybridized carbons (Fsp3) is 0.267. The van der Waals surface area contributed by atoms with Crippen LogP contribution in [0.5, 0.6) is 0 Å². The van der Waals surface area contributed by atoms with E-state index in [-0.39, 0.29) is 17.9 Å². The molecule has 0 radical (unpaired) electrons. The highest BCUT2D eigenvalue weighted by atomic mass is 32.2. The molecule has 0 aliphatic heterocycles. The Balaban J connectivity index is 2.01. The molecule has 0 unspecified atom stereocenters. The van der Waals surface area contributed by atoms with E-state index in [4.69, 9.17) is 12.2 Å². The molecule has 116 valence electrons. The lowest BCUT2D eigenvalue weighted by Gasteiger charge is -2.07. The van der Waals surface area contributed by atoms with Gasteiger partial charge in [0.25, 0.3) is 5.56 Å². The number of carbonyl (C=O) groups excluding carboxylic acids is 1. The lowest BCUT2D eigenvalue weighted by Crippen LogP contribution is -2.19. The van der Waals surface area contributed by atoms with Crippen LogP contribution in [-0.4, -0.2) is 22.1 Å². The molecule has 0 bridgehead atoms. The van der Waals surface area contributed by atoms with E-state index in [2.05, 4.69) is 15.3 Å². The SMILES string of the molecule is CSc1cccc(NC(=O)CCc2c(C)[nH]c(=S)[nH]c2=O)c1. The van der Waals surface area contributed by atoms with Crippen LogP contribution in [0, 0.1) is 11.7 Å². The molecule has 0 aliphatic carbocycles. The van der Waals surface area contributed by atoms with Crippen LogP contribution in [0.1, 0.15) is 17.7 Å². The first-order chi connectivity index (χ1) is 10.5. The Labute approximate surface area is 137 Å². The van der Waals surface area contributed by atoms with Crippen LogP contribution in [0.3, 0.4) is 0 Å². The highest BCUT2D eigenvalue weighted by molar-refractivity contribution is 7.98. The highest BCUT2D eigenvalue weighted by Gasteiger charge is 2.09. The van der Waals surface area contributed by atoms with Gasteiger partial charge in [-0.3, -0.25) is 14.6 Å². The number of rotatable bonds is 5. The van der Waals surface area contributed by atoms with Crippen LogP contribution >= 0.6 is 24.0 Å². The van der Waals surface area contributed by atoms with E-state index in [0.29, 0.717) is 22.4 Å². The second kappa shape index (κ2) is 7.42. The summed E-state index contributed by atoms with van der Waals surface area (Å²) in [5.41, 5.74) is 1.78. The van der Waals surface area contributed by atoms with E-state index in [1.807, 2.05) is 30.5 Å². The average molecular weight is 335 g/mol. The Hall–Kier alpha value is -1.86. The molecule has 5 nitrogen and oxygen atoms in total. The van der Waals surface area contributed by atoms with Crippen LogP contribution in [0.2, 0.25) is 0 Å². The Morgan fingerprint density at radius 2 is 2.14 bits per heavy atom. The van der Waals surface area contributed by atoms with Crippen LogP contribution in [-0.2, 0) is 11.2 Å². The first-order valence-corrected chi connectivity index (χ1v) is 8.39. The summed E-state index contributed by atoms with van der Waals surface area (Å²) in [6.45, 7) is 1.78. The van der Waals surface area contributed by atoms with E-state index in [9.17, 15) is 9.59 Å². The summed E-state index contributed by atoms with van der Waals surface area (Å²) in [7, 11) is 0. The Kier molecular flexibility index (Phi) is 5.57. The van der Waals surface area contributed by atoms with Crippen LogP contribution in [0.25, 0.3) is 0 Å². The lowest BCUT2D eigenvalue weighted by atomic mass is 10.1. The zero-order valence-electron chi connectivity index (χ0n) is 12.4. The molecule has 22 heavy (non-hydrogen) atoms. The summed E-state index contributed by atoms with van der Waals surface area (Å²) in [6, 6.07) is 7.64. The second-order valence-corrected chi connectivity index (χ2v) is 6.08. The molecule has 0 saturated carbocycles. The summed E-state index contributed by atoms with van der Waals surface area (Å²) in [6.07, 6.45) is 2.58. The van der Waals surface area contributed by atoms with Crippen molar-refractivity contribution >= 4 is 35.6 Å². The fourth-order valence-corrected chi connectivity index (χ4v) is 2.79. The minimum atomic E-state index is -0.238. The van der Waals surface area contributed by atoms with Crippen molar-refractivity contribution in [1.29, 1.82) is 0 Å². The number of hydrogen-bond acceptors (Lipinski definition) is 4. The van der Waals surface area contributed by atoms with Gasteiger partial charge in [-0.2, -0.15) is 0 Å². The van der Waals surface area contributed by atoms with Gasteiger partial charge in [-0.05, 0) is 50.0 Å². The third kappa shape index (κ3) is 4.32. The summed E-state index contributed by atoms with van der Waals surface area (Å²) >= 11 is 6.52. The van der Waals surface area contributed by atoms with Gasteiger partial charge in [-0.1, -0.05) is 6.07 Å². The number of aryl methyl sites for hydroxylation is 1. The fourth-order valence-electron chi connectivity index (χ4n) is 2.09. The zero-order valence-corrected chi connectivity index (χ0v) is 14.0. The average Bonchev–Trinajstić information content (AvgIpc) is 2.46. The highest BCUT2D eigenvalue weighted by Crippen LogP contribution is 2.19. The molecule has 0 fully saturated rings. The molecule has 7 heteroatoms. The number of nitrogens with one attached hydrogen (secondary N) is 3. The molecular formula is C15H17N3O2S2. The number of aromatic amines is 2. The van der Waals surface area contributed by atoms with Gasteiger partial charge < -0.3 is 10.3 Å². The Morgan fingerprint density at radius 3 is 2.82 bits per heavy atom. The predicted molar refractivity (Wildman–Crippen MR) is 92.2 cm³/mol. The number of amides is 1. The minimum absolute atomic E-state index is 0.125. The summed E-state index contributed by atoms with van der Waals surface area (Å²) < 4.78 is 0.296. The van der Waals surface area contributed by atoms with E-state index >= 15 is 0 Å². The summed E-state index contributed by atoms with van der Waals surface area (Å²) in [5, 5.41) is 2.84. The van der Waals surface area contributed by atoms with Crippen molar-refractivity contribution in [3.63, 3.8) is 0 Å². The molecular weight excluding hydrogens is 318 g/mol. The number of H-pyrrole nitrogens is 2. The molecule has 0 saturated heterocycles. The van der Waals surface area contributed by atoms with Gasteiger partial charge in [0.1, 0.15) is 0 Å². The van der Waals surface area contributed by atoms with Crippen molar-refractivity contribution < 1.29 is 4.79 Å². The predicted octanol–water partition coefficient (Wildman–Crippen LogP) is 3.03. The molecule has 0 aliphatic rings. The third-order valence-corrected chi connectivity index (χ3v) is 4.14. The molecule has 2 aromatic rings. The Bertz CT molecular complexity index is 796.